The van der Waals surface area contributed by atoms with Crippen molar-refractivity contribution >= 4 is 17.5 Å². The van der Waals surface area contributed by atoms with Crippen LogP contribution in [-0.4, -0.2) is 35.6 Å². The van der Waals surface area contributed by atoms with Gasteiger partial charge in [0.2, 0.25) is 5.91 Å². The molecule has 1 aromatic carbocycles. The average Bonchev–Trinajstić information content (AvgIpc) is 2.33. The molecule has 0 saturated carbocycles. The third-order valence-corrected chi connectivity index (χ3v) is 2.30. The Morgan fingerprint density at radius 3 is 2.32 bits per heavy atom. The van der Waals surface area contributed by atoms with Gasteiger partial charge in [0, 0.05) is 17.8 Å². The maximum Gasteiger partial charge on any atom is 0.251 e. The van der Waals surface area contributed by atoms with E-state index < -0.39 is 5.60 Å². The van der Waals surface area contributed by atoms with Crippen LogP contribution < -0.4 is 16.4 Å². The summed E-state index contributed by atoms with van der Waals surface area (Å²) < 4.78 is 0. The van der Waals surface area contributed by atoms with Crippen molar-refractivity contribution in [3.05, 3.63) is 29.8 Å². The van der Waals surface area contributed by atoms with Crippen LogP contribution in [0, 0.1) is 0 Å². The molecule has 0 aliphatic heterocycles. The molecule has 0 radical (unpaired) electrons. The highest BCUT2D eigenvalue weighted by Crippen LogP contribution is 2.04. The van der Waals surface area contributed by atoms with Gasteiger partial charge in [-0.05, 0) is 38.1 Å². The molecule has 2 amide bonds. The summed E-state index contributed by atoms with van der Waals surface area (Å²) in [6, 6.07) is 6.39. The molecule has 0 heterocycles. The molecule has 0 fully saturated rings. The van der Waals surface area contributed by atoms with Gasteiger partial charge in [-0.25, -0.2) is 0 Å². The number of nitrogens with one attached hydrogen (secondary N) is 2. The number of hydrogen-bond donors (Lipinski definition) is 4. The number of nitrogens with two attached hydrogens (primary N) is 1. The van der Waals surface area contributed by atoms with E-state index in [0.29, 0.717) is 11.3 Å². The average molecular weight is 265 g/mol. The van der Waals surface area contributed by atoms with Gasteiger partial charge in [0.1, 0.15) is 0 Å². The van der Waals surface area contributed by atoms with Crippen molar-refractivity contribution in [3.8, 4) is 0 Å². The van der Waals surface area contributed by atoms with Crippen LogP contribution in [0.1, 0.15) is 24.2 Å². The molecule has 0 aliphatic rings. The second-order valence-electron chi connectivity index (χ2n) is 4.89. The first-order valence-electron chi connectivity index (χ1n) is 5.91. The molecule has 5 N–H and O–H groups in total. The zero-order valence-electron chi connectivity index (χ0n) is 11.1. The largest absolute Gasteiger partial charge is 0.399 e. The lowest BCUT2D eigenvalue weighted by atomic mass is 10.1. The monoisotopic (exact) mass is 265 g/mol. The molecule has 0 atom stereocenters. The topological polar surface area (TPSA) is 104 Å². The van der Waals surface area contributed by atoms with E-state index in [1.807, 2.05) is 0 Å². The van der Waals surface area contributed by atoms with Gasteiger partial charge in [-0.3, -0.25) is 9.59 Å². The Morgan fingerprint density at radius 2 is 1.79 bits per heavy atom. The van der Waals surface area contributed by atoms with Crippen LogP contribution in [0.5, 0.6) is 0 Å². The number of hydrogen-bond acceptors (Lipinski definition) is 4. The number of amides is 2. The first kappa shape index (κ1) is 15.0. The first-order valence-corrected chi connectivity index (χ1v) is 5.91. The zero-order chi connectivity index (χ0) is 14.5. The number of nitrogen functional groups attached to an aromatic ring is 1. The van der Waals surface area contributed by atoms with E-state index in [0.717, 1.165) is 0 Å². The van der Waals surface area contributed by atoms with Gasteiger partial charge in [-0.15, -0.1) is 0 Å². The fourth-order valence-electron chi connectivity index (χ4n) is 1.27. The Labute approximate surface area is 112 Å². The highest BCUT2D eigenvalue weighted by atomic mass is 16.3. The van der Waals surface area contributed by atoms with E-state index in [2.05, 4.69) is 10.6 Å². The molecule has 0 bridgehead atoms. The Bertz CT molecular complexity index is 449. The summed E-state index contributed by atoms with van der Waals surface area (Å²) in [5.41, 5.74) is 5.54. The minimum absolute atomic E-state index is 0.129. The Hall–Kier alpha value is -2.08. The number of anilines is 1. The lowest BCUT2D eigenvalue weighted by Crippen LogP contribution is -2.43. The third kappa shape index (κ3) is 5.87. The van der Waals surface area contributed by atoms with Crippen molar-refractivity contribution in [1.82, 2.24) is 10.6 Å². The molecular formula is C13H19N3O3. The number of benzene rings is 1. The second kappa shape index (κ2) is 6.19. The molecule has 1 aromatic rings. The molecule has 19 heavy (non-hydrogen) atoms. The number of carbonyl (C=O) groups is 2. The fraction of sp³-hybridized carbons (Fsp3) is 0.385. The van der Waals surface area contributed by atoms with Gasteiger partial charge < -0.3 is 21.5 Å². The Morgan fingerprint density at radius 1 is 1.21 bits per heavy atom. The quantitative estimate of drug-likeness (QED) is 0.557. The van der Waals surface area contributed by atoms with Gasteiger partial charge in [0.05, 0.1) is 12.1 Å². The molecular weight excluding hydrogens is 246 g/mol. The maximum absolute atomic E-state index is 11.7. The standard InChI is InChI=1S/C13H19N3O3/c1-13(2,19)8-16-11(17)7-15-12(18)9-3-5-10(14)6-4-9/h3-6,19H,7-8,14H2,1-2H3,(H,15,18)(H,16,17). The van der Waals surface area contributed by atoms with Crippen LogP contribution in [0.2, 0.25) is 0 Å². The minimum atomic E-state index is -0.976. The van der Waals surface area contributed by atoms with Crippen molar-refractivity contribution in [1.29, 1.82) is 0 Å². The van der Waals surface area contributed by atoms with Crippen molar-refractivity contribution in [3.63, 3.8) is 0 Å². The fourth-order valence-corrected chi connectivity index (χ4v) is 1.27. The van der Waals surface area contributed by atoms with Gasteiger partial charge in [0.15, 0.2) is 0 Å². The van der Waals surface area contributed by atoms with Crippen molar-refractivity contribution < 1.29 is 14.7 Å². The summed E-state index contributed by atoms with van der Waals surface area (Å²) in [4.78, 5) is 23.1. The van der Waals surface area contributed by atoms with E-state index >= 15 is 0 Å². The third-order valence-electron chi connectivity index (χ3n) is 2.30. The summed E-state index contributed by atoms with van der Waals surface area (Å²) in [5, 5.41) is 14.4. The van der Waals surface area contributed by atoms with Crippen LogP contribution in [0.4, 0.5) is 5.69 Å². The van der Waals surface area contributed by atoms with Crippen LogP contribution in [-0.2, 0) is 4.79 Å². The first-order chi connectivity index (χ1) is 8.78. The predicted octanol–water partition coefficient (Wildman–Crippen LogP) is -0.114. The van der Waals surface area contributed by atoms with E-state index in [9.17, 15) is 14.7 Å². The molecule has 0 aliphatic carbocycles. The summed E-state index contributed by atoms with van der Waals surface area (Å²) in [6.07, 6.45) is 0. The van der Waals surface area contributed by atoms with Gasteiger partial charge in [-0.2, -0.15) is 0 Å². The molecule has 0 spiro atoms. The molecule has 0 unspecified atom stereocenters. The van der Waals surface area contributed by atoms with Crippen molar-refractivity contribution in [2.24, 2.45) is 0 Å². The molecule has 0 aromatic heterocycles. The molecule has 104 valence electrons. The van der Waals surface area contributed by atoms with Gasteiger partial charge in [-0.1, -0.05) is 0 Å². The number of rotatable bonds is 5. The minimum Gasteiger partial charge on any atom is -0.399 e. The van der Waals surface area contributed by atoms with Crippen molar-refractivity contribution in [2.45, 2.75) is 19.4 Å². The van der Waals surface area contributed by atoms with E-state index in [1.165, 1.54) is 0 Å². The Kier molecular flexibility index (Phi) is 4.88. The summed E-state index contributed by atoms with van der Waals surface area (Å²) in [6.45, 7) is 3.16. The van der Waals surface area contributed by atoms with E-state index in [-0.39, 0.29) is 24.9 Å². The van der Waals surface area contributed by atoms with E-state index in [1.54, 1.807) is 38.1 Å². The molecule has 6 heteroatoms. The van der Waals surface area contributed by atoms with Crippen LogP contribution in [0.25, 0.3) is 0 Å². The highest BCUT2D eigenvalue weighted by molar-refractivity contribution is 5.96. The summed E-state index contributed by atoms with van der Waals surface area (Å²) in [7, 11) is 0. The second-order valence-corrected chi connectivity index (χ2v) is 4.89. The SMILES string of the molecule is CC(C)(O)CNC(=O)CNC(=O)c1ccc(N)cc1. The maximum atomic E-state index is 11.7. The summed E-state index contributed by atoms with van der Waals surface area (Å²) in [5.74, 6) is -0.704. The van der Waals surface area contributed by atoms with Crippen molar-refractivity contribution in [2.75, 3.05) is 18.8 Å². The van der Waals surface area contributed by atoms with E-state index in [4.69, 9.17) is 5.73 Å². The molecule has 1 rings (SSSR count). The highest BCUT2D eigenvalue weighted by Gasteiger charge is 2.14. The summed E-state index contributed by atoms with van der Waals surface area (Å²) >= 11 is 0. The van der Waals surface area contributed by atoms with Crippen LogP contribution in [0.15, 0.2) is 24.3 Å². The molecule has 0 saturated heterocycles. The van der Waals surface area contributed by atoms with Crippen LogP contribution >= 0.6 is 0 Å². The zero-order valence-corrected chi connectivity index (χ0v) is 11.1. The van der Waals surface area contributed by atoms with Gasteiger partial charge >= 0.3 is 0 Å². The normalized spacial score (nSPS) is 10.9. The molecule has 6 nitrogen and oxygen atoms in total. The number of carbonyl (C=O) groups excluding carboxylic acids is 2. The Balaban J connectivity index is 2.38. The van der Waals surface area contributed by atoms with Crippen LogP contribution in [0.3, 0.4) is 0 Å². The smallest absolute Gasteiger partial charge is 0.251 e. The predicted molar refractivity (Wildman–Crippen MR) is 72.5 cm³/mol. The number of aliphatic hydroxyl groups is 1. The lowest BCUT2D eigenvalue weighted by Gasteiger charge is -2.17. The van der Waals surface area contributed by atoms with Gasteiger partial charge in [0.25, 0.3) is 5.91 Å². The lowest BCUT2D eigenvalue weighted by molar-refractivity contribution is -0.121.